The molecule has 0 aliphatic carbocycles. The fraction of sp³-hybridized carbons (Fsp3) is 0. The first-order chi connectivity index (χ1) is 6.20. The van der Waals surface area contributed by atoms with Crippen molar-refractivity contribution in [3.63, 3.8) is 0 Å². The van der Waals surface area contributed by atoms with Crippen LogP contribution in [0.1, 0.15) is 0 Å². The van der Waals surface area contributed by atoms with Crippen LogP contribution >= 0.6 is 11.6 Å². The molecule has 66 valence electrons. The Morgan fingerprint density at radius 2 is 2.08 bits per heavy atom. The Morgan fingerprint density at radius 3 is 2.77 bits per heavy atom. The zero-order valence-electron chi connectivity index (χ0n) is 6.59. The van der Waals surface area contributed by atoms with Crippen LogP contribution in [0.4, 0.5) is 10.1 Å². The van der Waals surface area contributed by atoms with Gasteiger partial charge in [0.25, 0.3) is 0 Å². The van der Waals surface area contributed by atoms with Crippen molar-refractivity contribution in [1.82, 2.24) is 4.98 Å². The quantitative estimate of drug-likeness (QED) is 0.704. The molecule has 0 fully saturated rings. The van der Waals surface area contributed by atoms with E-state index >= 15 is 0 Å². The first-order valence-corrected chi connectivity index (χ1v) is 4.06. The molecule has 13 heavy (non-hydrogen) atoms. The summed E-state index contributed by atoms with van der Waals surface area (Å²) < 4.78 is 13.2. The normalized spacial score (nSPS) is 10.6. The van der Waals surface area contributed by atoms with E-state index in [1.807, 2.05) is 0 Å². The van der Waals surface area contributed by atoms with Gasteiger partial charge in [-0.15, -0.1) is 0 Å². The number of benzene rings is 1. The van der Waals surface area contributed by atoms with Crippen LogP contribution in [0, 0.1) is 5.82 Å². The lowest BCUT2D eigenvalue weighted by atomic mass is 10.2. The van der Waals surface area contributed by atoms with Gasteiger partial charge in [-0.2, -0.15) is 0 Å². The van der Waals surface area contributed by atoms with Gasteiger partial charge in [-0.1, -0.05) is 11.6 Å². The van der Waals surface area contributed by atoms with Gasteiger partial charge >= 0.3 is 0 Å². The smallest absolute Gasteiger partial charge is 0.149 e. The van der Waals surface area contributed by atoms with E-state index in [4.69, 9.17) is 17.3 Å². The molecule has 2 N–H and O–H groups in total. The number of pyridine rings is 1. The van der Waals surface area contributed by atoms with E-state index in [9.17, 15) is 4.39 Å². The van der Waals surface area contributed by atoms with E-state index < -0.39 is 5.82 Å². The molecule has 1 heterocycles. The maximum Gasteiger partial charge on any atom is 0.149 e. The van der Waals surface area contributed by atoms with Gasteiger partial charge in [-0.3, -0.25) is 4.98 Å². The minimum Gasteiger partial charge on any atom is -0.398 e. The van der Waals surface area contributed by atoms with Crippen molar-refractivity contribution in [2.45, 2.75) is 0 Å². The molecule has 0 radical (unpaired) electrons. The second-order valence-corrected chi connectivity index (χ2v) is 3.06. The van der Waals surface area contributed by atoms with Crippen LogP contribution in [-0.4, -0.2) is 4.98 Å². The number of hydrogen-bond donors (Lipinski definition) is 1. The minimum atomic E-state index is -0.410. The van der Waals surface area contributed by atoms with E-state index in [0.29, 0.717) is 16.1 Å². The van der Waals surface area contributed by atoms with E-state index in [0.717, 1.165) is 0 Å². The zero-order valence-corrected chi connectivity index (χ0v) is 7.35. The summed E-state index contributed by atoms with van der Waals surface area (Å²) in [5.41, 5.74) is 6.29. The number of rotatable bonds is 0. The molecule has 2 nitrogen and oxygen atoms in total. The predicted molar refractivity (Wildman–Crippen MR) is 51.1 cm³/mol. The lowest BCUT2D eigenvalue weighted by Gasteiger charge is -2.03. The van der Waals surface area contributed by atoms with Crippen LogP contribution in [0.3, 0.4) is 0 Å². The molecular weight excluding hydrogens is 191 g/mol. The second-order valence-electron chi connectivity index (χ2n) is 2.65. The number of nitrogens with zero attached hydrogens (tertiary/aromatic N) is 1. The average Bonchev–Trinajstić information content (AvgIpc) is 2.12. The Kier molecular flexibility index (Phi) is 1.81. The number of fused-ring (bicyclic) bond motifs is 1. The van der Waals surface area contributed by atoms with Gasteiger partial charge in [0.05, 0.1) is 5.02 Å². The molecule has 0 saturated carbocycles. The number of hydrogen-bond acceptors (Lipinski definition) is 2. The summed E-state index contributed by atoms with van der Waals surface area (Å²) in [6.45, 7) is 0. The minimum absolute atomic E-state index is 0.215. The average molecular weight is 197 g/mol. The first kappa shape index (κ1) is 8.26. The topological polar surface area (TPSA) is 38.9 Å². The predicted octanol–water partition coefficient (Wildman–Crippen LogP) is 2.61. The maximum atomic E-state index is 13.2. The van der Waals surface area contributed by atoms with E-state index in [-0.39, 0.29) is 5.52 Å². The van der Waals surface area contributed by atoms with Crippen molar-refractivity contribution in [3.8, 4) is 0 Å². The summed E-state index contributed by atoms with van der Waals surface area (Å²) in [4.78, 5) is 3.86. The van der Waals surface area contributed by atoms with Crippen LogP contribution < -0.4 is 5.73 Å². The first-order valence-electron chi connectivity index (χ1n) is 3.68. The highest BCUT2D eigenvalue weighted by Gasteiger charge is 2.07. The van der Waals surface area contributed by atoms with Crippen LogP contribution in [0.2, 0.25) is 5.02 Å². The molecule has 0 unspecified atom stereocenters. The highest BCUT2D eigenvalue weighted by molar-refractivity contribution is 6.36. The molecule has 1 aromatic heterocycles. The Labute approximate surface area is 79.1 Å². The van der Waals surface area contributed by atoms with Crippen molar-refractivity contribution in [1.29, 1.82) is 0 Å². The number of aromatic nitrogens is 1. The van der Waals surface area contributed by atoms with E-state index in [1.165, 1.54) is 18.3 Å². The molecule has 0 amide bonds. The Bertz CT molecular complexity index is 462. The summed E-state index contributed by atoms with van der Waals surface area (Å²) in [6.07, 6.45) is 1.46. The number of anilines is 1. The van der Waals surface area contributed by atoms with Crippen molar-refractivity contribution in [2.24, 2.45) is 0 Å². The highest BCUT2D eigenvalue weighted by Crippen LogP contribution is 2.28. The van der Waals surface area contributed by atoms with E-state index in [1.54, 1.807) is 6.07 Å². The van der Waals surface area contributed by atoms with E-state index in [2.05, 4.69) is 4.98 Å². The van der Waals surface area contributed by atoms with Gasteiger partial charge in [-0.05, 0) is 18.2 Å². The van der Waals surface area contributed by atoms with Gasteiger partial charge in [-0.25, -0.2) is 4.39 Å². The molecule has 0 saturated heterocycles. The monoisotopic (exact) mass is 196 g/mol. The summed E-state index contributed by atoms with van der Waals surface area (Å²) in [6, 6.07) is 4.34. The second kappa shape index (κ2) is 2.85. The van der Waals surface area contributed by atoms with Crippen molar-refractivity contribution < 1.29 is 4.39 Å². The fourth-order valence-corrected chi connectivity index (χ4v) is 1.48. The number of halogens is 2. The Morgan fingerprint density at radius 1 is 1.31 bits per heavy atom. The maximum absolute atomic E-state index is 13.2. The number of nitrogen functional groups attached to an aromatic ring is 1. The van der Waals surface area contributed by atoms with Gasteiger partial charge in [0.1, 0.15) is 11.3 Å². The van der Waals surface area contributed by atoms with Crippen molar-refractivity contribution >= 4 is 28.2 Å². The van der Waals surface area contributed by atoms with Crippen LogP contribution in [0.15, 0.2) is 24.4 Å². The molecular formula is C9H6ClFN2. The zero-order chi connectivity index (χ0) is 9.42. The highest BCUT2D eigenvalue weighted by atomic mass is 35.5. The lowest BCUT2D eigenvalue weighted by molar-refractivity contribution is 0.637. The molecule has 0 aliphatic heterocycles. The third kappa shape index (κ3) is 1.21. The van der Waals surface area contributed by atoms with Crippen LogP contribution in [0.5, 0.6) is 0 Å². The van der Waals surface area contributed by atoms with Gasteiger partial charge in [0, 0.05) is 17.3 Å². The van der Waals surface area contributed by atoms with Gasteiger partial charge in [0.2, 0.25) is 0 Å². The van der Waals surface area contributed by atoms with Gasteiger partial charge in [0.15, 0.2) is 0 Å². The fourth-order valence-electron chi connectivity index (χ4n) is 1.22. The third-order valence-electron chi connectivity index (χ3n) is 1.82. The molecule has 0 atom stereocenters. The summed E-state index contributed by atoms with van der Waals surface area (Å²) in [5.74, 6) is -0.410. The lowest BCUT2D eigenvalue weighted by Crippen LogP contribution is -1.91. The van der Waals surface area contributed by atoms with Crippen molar-refractivity contribution in [2.75, 3.05) is 5.73 Å². The molecule has 0 aliphatic rings. The number of nitrogens with two attached hydrogens (primary N) is 1. The summed E-state index contributed by atoms with van der Waals surface area (Å²) >= 11 is 5.85. The summed E-state index contributed by atoms with van der Waals surface area (Å²) in [5, 5.41) is 0.895. The summed E-state index contributed by atoms with van der Waals surface area (Å²) in [7, 11) is 0. The molecule has 2 aromatic rings. The van der Waals surface area contributed by atoms with Gasteiger partial charge < -0.3 is 5.73 Å². The Balaban J connectivity index is 3.00. The SMILES string of the molecule is Nc1ccnc2c(F)ccc(Cl)c12. The standard InChI is InChI=1S/C9H6ClFN2/c10-5-1-2-6(11)9-8(5)7(12)3-4-13-9/h1-4H,(H2,12,13). The van der Waals surface area contributed by atoms with Crippen LogP contribution in [0.25, 0.3) is 10.9 Å². The molecule has 1 aromatic carbocycles. The molecule has 0 spiro atoms. The van der Waals surface area contributed by atoms with Crippen molar-refractivity contribution in [3.05, 3.63) is 35.2 Å². The third-order valence-corrected chi connectivity index (χ3v) is 2.14. The molecule has 2 rings (SSSR count). The largest absolute Gasteiger partial charge is 0.398 e. The molecule has 0 bridgehead atoms. The molecule has 4 heteroatoms. The Hall–Kier alpha value is -1.35. The van der Waals surface area contributed by atoms with Crippen LogP contribution in [-0.2, 0) is 0 Å².